The lowest BCUT2D eigenvalue weighted by molar-refractivity contribution is -0.110. The molecule has 1 fully saturated rings. The van der Waals surface area contributed by atoms with Gasteiger partial charge in [-0.25, -0.2) is 4.39 Å². The van der Waals surface area contributed by atoms with Gasteiger partial charge in [0, 0.05) is 31.6 Å². The zero-order valence-electron chi connectivity index (χ0n) is 24.3. The first-order chi connectivity index (χ1) is 18.9. The van der Waals surface area contributed by atoms with Gasteiger partial charge in [-0.3, -0.25) is 0 Å². The number of hydrogen-bond donors (Lipinski definition) is 1. The number of nitrogens with one attached hydrogen (secondary N) is 1. The highest BCUT2D eigenvalue weighted by Gasteiger charge is 2.23. The average Bonchev–Trinajstić information content (AvgIpc) is 2.97. The molecule has 0 aromatic heterocycles. The first-order valence-electron chi connectivity index (χ1n) is 13.9. The van der Waals surface area contributed by atoms with E-state index >= 15 is 0 Å². The molecule has 0 spiro atoms. The molecule has 1 saturated heterocycles. The smallest absolute Gasteiger partial charge is 0.147 e. The highest BCUT2D eigenvalue weighted by Crippen LogP contribution is 2.31. The largest absolute Gasteiger partial charge is 0.487 e. The minimum atomic E-state index is -0.636. The highest BCUT2D eigenvalue weighted by atomic mass is 19.1. The van der Waals surface area contributed by atoms with Gasteiger partial charge < -0.3 is 19.7 Å². The summed E-state index contributed by atoms with van der Waals surface area (Å²) in [5, 5.41) is 3.24. The lowest BCUT2D eigenvalue weighted by Crippen LogP contribution is -2.34. The van der Waals surface area contributed by atoms with Crippen LogP contribution in [-0.4, -0.2) is 44.5 Å². The summed E-state index contributed by atoms with van der Waals surface area (Å²) in [6, 6.07) is 17.1. The Balaban J connectivity index is 0.000000976. The molecule has 0 bridgehead atoms. The summed E-state index contributed by atoms with van der Waals surface area (Å²) in [6.45, 7) is 9.99. The highest BCUT2D eigenvalue weighted by molar-refractivity contribution is 5.51. The van der Waals surface area contributed by atoms with Gasteiger partial charge in [-0.2, -0.15) is 0 Å². The van der Waals surface area contributed by atoms with E-state index in [1.807, 2.05) is 27.0 Å². The number of allylic oxidation sites excluding steroid dienone is 4. The van der Waals surface area contributed by atoms with Crippen molar-refractivity contribution in [3.63, 3.8) is 0 Å². The van der Waals surface area contributed by atoms with Crippen molar-refractivity contribution in [2.45, 2.75) is 59.0 Å². The zero-order valence-corrected chi connectivity index (χ0v) is 24.3. The topological polar surface area (TPSA) is 41.6 Å². The summed E-state index contributed by atoms with van der Waals surface area (Å²) in [6.07, 6.45) is 8.99. The number of benzene rings is 2. The van der Waals surface area contributed by atoms with E-state index in [1.54, 1.807) is 25.2 Å². The third-order valence-corrected chi connectivity index (χ3v) is 6.66. The van der Waals surface area contributed by atoms with Crippen LogP contribution in [0, 0.1) is 24.7 Å². The van der Waals surface area contributed by atoms with E-state index in [0.29, 0.717) is 11.7 Å². The number of nitrogens with zero attached hydrogens (tertiary/aromatic N) is 1. The number of piperidine rings is 1. The number of alkyl halides is 1. The third-order valence-electron chi connectivity index (χ3n) is 6.66. The first kappa shape index (κ1) is 31.9. The monoisotopic (exact) mass is 532 g/mol. The standard InChI is InChI=1S/C30H37FN2O.C4H8O/c1-4-5-6-7-14-29(23-31)34-30(27-12-8-10-24(2)21-27)17-20-33-18-15-25(16-19-33)26-11-9-13-28(22-26)32-3;1-4(2)3-5/h6-14,21-22,25,30,32H,15-20,23H2,1-3H3;3-4H,1-2H3/b7-6-,29-14+;. The number of anilines is 1. The molecule has 1 heterocycles. The quantitative estimate of drug-likeness (QED) is 0.140. The van der Waals surface area contributed by atoms with E-state index in [1.165, 1.54) is 16.8 Å². The van der Waals surface area contributed by atoms with Crippen molar-refractivity contribution in [2.24, 2.45) is 5.92 Å². The fourth-order valence-electron chi connectivity index (χ4n) is 4.49. The summed E-state index contributed by atoms with van der Waals surface area (Å²) in [4.78, 5) is 12.0. The number of rotatable bonds is 11. The number of carbonyl (C=O) groups excluding carboxylic acids is 1. The predicted octanol–water partition coefficient (Wildman–Crippen LogP) is 7.64. The van der Waals surface area contributed by atoms with Crippen molar-refractivity contribution in [2.75, 3.05) is 38.7 Å². The SMILES string of the molecule is CC#C/C=C\C=C(/CF)OC(CCN1CCC(c2cccc(NC)c2)CC1)c1cccc(C)c1.CC(C)C=O. The Labute approximate surface area is 235 Å². The van der Waals surface area contributed by atoms with Crippen LogP contribution in [0.15, 0.2) is 72.5 Å². The molecule has 0 saturated carbocycles. The van der Waals surface area contributed by atoms with Gasteiger partial charge in [-0.05, 0) is 81.1 Å². The van der Waals surface area contributed by atoms with Crippen LogP contribution in [0.3, 0.4) is 0 Å². The minimum absolute atomic E-state index is 0.183. The van der Waals surface area contributed by atoms with E-state index in [2.05, 4.69) is 71.4 Å². The average molecular weight is 533 g/mol. The molecule has 1 unspecified atom stereocenters. The molecule has 3 rings (SSSR count). The molecule has 0 aliphatic carbocycles. The van der Waals surface area contributed by atoms with E-state index in [-0.39, 0.29) is 12.0 Å². The molecule has 0 radical (unpaired) electrons. The molecule has 4 nitrogen and oxygen atoms in total. The normalized spacial score (nSPS) is 15.2. The van der Waals surface area contributed by atoms with Crippen molar-refractivity contribution in [3.8, 4) is 11.8 Å². The van der Waals surface area contributed by atoms with Gasteiger partial charge in [-0.15, -0.1) is 5.92 Å². The summed E-state index contributed by atoms with van der Waals surface area (Å²) >= 11 is 0. The Morgan fingerprint density at radius 2 is 1.90 bits per heavy atom. The Morgan fingerprint density at radius 1 is 1.18 bits per heavy atom. The van der Waals surface area contributed by atoms with Crippen LogP contribution in [0.1, 0.15) is 68.7 Å². The molecule has 210 valence electrons. The van der Waals surface area contributed by atoms with Crippen LogP contribution in [0.4, 0.5) is 10.1 Å². The van der Waals surface area contributed by atoms with Crippen LogP contribution in [0.5, 0.6) is 0 Å². The number of ether oxygens (including phenoxy) is 1. The number of carbonyl (C=O) groups is 1. The number of hydrogen-bond acceptors (Lipinski definition) is 4. The second-order valence-corrected chi connectivity index (χ2v) is 10.2. The summed E-state index contributed by atoms with van der Waals surface area (Å²) < 4.78 is 19.9. The molecule has 0 amide bonds. The van der Waals surface area contributed by atoms with E-state index in [4.69, 9.17) is 4.74 Å². The Hall–Kier alpha value is -3.36. The van der Waals surface area contributed by atoms with Gasteiger partial charge in [-0.1, -0.05) is 67.8 Å². The van der Waals surface area contributed by atoms with Crippen molar-refractivity contribution >= 4 is 12.0 Å². The van der Waals surface area contributed by atoms with Gasteiger partial charge in [0.05, 0.1) is 0 Å². The Kier molecular flexibility index (Phi) is 14.7. The van der Waals surface area contributed by atoms with Crippen molar-refractivity contribution in [1.82, 2.24) is 4.90 Å². The van der Waals surface area contributed by atoms with E-state index in [0.717, 1.165) is 50.7 Å². The van der Waals surface area contributed by atoms with Crippen LogP contribution in [0.2, 0.25) is 0 Å². The van der Waals surface area contributed by atoms with E-state index < -0.39 is 6.67 Å². The van der Waals surface area contributed by atoms with Crippen molar-refractivity contribution in [1.29, 1.82) is 0 Å². The van der Waals surface area contributed by atoms with Crippen molar-refractivity contribution in [3.05, 3.63) is 89.2 Å². The molecule has 2 aromatic rings. The molecule has 39 heavy (non-hydrogen) atoms. The summed E-state index contributed by atoms with van der Waals surface area (Å²) in [5.41, 5.74) is 4.87. The van der Waals surface area contributed by atoms with Gasteiger partial charge in [0.1, 0.15) is 24.8 Å². The maximum absolute atomic E-state index is 13.7. The van der Waals surface area contributed by atoms with Crippen LogP contribution >= 0.6 is 0 Å². The fraction of sp³-hybridized carbons (Fsp3) is 0.441. The Morgan fingerprint density at radius 3 is 2.51 bits per heavy atom. The third kappa shape index (κ3) is 11.9. The number of halogens is 1. The van der Waals surface area contributed by atoms with Gasteiger partial charge in [0.2, 0.25) is 0 Å². The van der Waals surface area contributed by atoms with Crippen molar-refractivity contribution < 1.29 is 13.9 Å². The van der Waals surface area contributed by atoms with E-state index in [9.17, 15) is 9.18 Å². The van der Waals surface area contributed by atoms with Gasteiger partial charge >= 0.3 is 0 Å². The second-order valence-electron chi connectivity index (χ2n) is 10.2. The van der Waals surface area contributed by atoms with Crippen LogP contribution < -0.4 is 5.32 Å². The Bertz CT molecular complexity index is 1120. The van der Waals surface area contributed by atoms with Gasteiger partial charge in [0.25, 0.3) is 0 Å². The molecule has 5 heteroatoms. The maximum Gasteiger partial charge on any atom is 0.147 e. The maximum atomic E-state index is 13.7. The minimum Gasteiger partial charge on any atom is -0.487 e. The van der Waals surface area contributed by atoms with Crippen LogP contribution in [0.25, 0.3) is 0 Å². The molecule has 1 aliphatic heterocycles. The first-order valence-corrected chi connectivity index (χ1v) is 13.9. The zero-order chi connectivity index (χ0) is 28.5. The summed E-state index contributed by atoms with van der Waals surface area (Å²) in [5.74, 6) is 6.79. The van der Waals surface area contributed by atoms with Gasteiger partial charge in [0.15, 0.2) is 0 Å². The number of likely N-dealkylation sites (tertiary alicyclic amines) is 1. The lowest BCUT2D eigenvalue weighted by atomic mass is 9.89. The fourth-order valence-corrected chi connectivity index (χ4v) is 4.49. The predicted molar refractivity (Wildman–Crippen MR) is 162 cm³/mol. The second kappa shape index (κ2) is 18.0. The van der Waals surface area contributed by atoms with Crippen LogP contribution in [-0.2, 0) is 9.53 Å². The molecule has 2 aromatic carbocycles. The molecular weight excluding hydrogens is 487 g/mol. The molecule has 1 atom stereocenters. The number of aryl methyl sites for hydroxylation is 1. The number of aldehydes is 1. The summed E-state index contributed by atoms with van der Waals surface area (Å²) in [7, 11) is 1.97. The molecule has 1 N–H and O–H groups in total. The lowest BCUT2D eigenvalue weighted by Gasteiger charge is -2.33. The molecule has 1 aliphatic rings. The molecular formula is C34H45FN2O2.